The first-order valence-corrected chi connectivity index (χ1v) is 11.6. The maximum absolute atomic E-state index is 14.8. The molecule has 0 aliphatic rings. The molecule has 0 fully saturated rings. The molecule has 0 spiro atoms. The average Bonchev–Trinajstić information content (AvgIpc) is 3.15. The van der Waals surface area contributed by atoms with Crippen LogP contribution in [-0.2, 0) is 23.9 Å². The number of nitrogens with two attached hydrogens (primary N) is 1. The first-order chi connectivity index (χ1) is 17.5. The maximum Gasteiger partial charge on any atom is 0.416 e. The molecule has 1 amide bonds. The van der Waals surface area contributed by atoms with Gasteiger partial charge in [-0.05, 0) is 54.8 Å². The number of primary amides is 1. The molecule has 1 aromatic heterocycles. The highest BCUT2D eigenvalue weighted by Crippen LogP contribution is 2.41. The zero-order valence-electron chi connectivity index (χ0n) is 19.9. The van der Waals surface area contributed by atoms with Crippen LogP contribution in [0.25, 0.3) is 21.8 Å². The summed E-state index contributed by atoms with van der Waals surface area (Å²) in [5, 5.41) is 9.80. The van der Waals surface area contributed by atoms with Crippen LogP contribution in [0.2, 0.25) is 0 Å². The number of carboxylic acids is 1. The fourth-order valence-corrected chi connectivity index (χ4v) is 4.58. The van der Waals surface area contributed by atoms with Crippen molar-refractivity contribution in [1.29, 1.82) is 0 Å². The molecule has 4 rings (SSSR count). The number of carbonyl (C=O) groups excluding carboxylic acids is 1. The lowest BCUT2D eigenvalue weighted by Crippen LogP contribution is -2.14. The monoisotopic (exact) mass is 516 g/mol. The van der Waals surface area contributed by atoms with Gasteiger partial charge in [0.15, 0.2) is 6.61 Å². The third-order valence-electron chi connectivity index (χ3n) is 6.19. The fraction of sp³-hybridized carbons (Fsp3) is 0.259. The number of aromatic nitrogens is 1. The van der Waals surface area contributed by atoms with Crippen molar-refractivity contribution in [3.05, 3.63) is 76.6 Å². The number of halogens is 4. The normalized spacial score (nSPS) is 11.8. The van der Waals surface area contributed by atoms with E-state index in [1.54, 1.807) is 18.2 Å². The standard InChI is InChI=1S/C27H24F4N2O4/c1-2-3-6-15-11-21-25(22(12-15)37-14-23(34)35)24-16(26(32)36)7-4-10-20(24)33(21)13-17-18(27(29,30)31)8-5-9-19(17)28/h4-5,7-12H,2-3,6,13-14H2,1H3,(H2,32,36)(H,34,35). The summed E-state index contributed by atoms with van der Waals surface area (Å²) >= 11 is 0. The molecule has 0 saturated heterocycles. The molecule has 0 aliphatic carbocycles. The van der Waals surface area contributed by atoms with E-state index in [0.29, 0.717) is 22.8 Å². The van der Waals surface area contributed by atoms with Gasteiger partial charge in [-0.2, -0.15) is 13.2 Å². The highest BCUT2D eigenvalue weighted by atomic mass is 19.4. The van der Waals surface area contributed by atoms with Gasteiger partial charge in [0, 0.05) is 16.5 Å². The second-order valence-corrected chi connectivity index (χ2v) is 8.69. The smallest absolute Gasteiger partial charge is 0.416 e. The van der Waals surface area contributed by atoms with Crippen LogP contribution in [0.15, 0.2) is 48.5 Å². The Balaban J connectivity index is 2.09. The number of fused-ring (bicyclic) bond motifs is 3. The van der Waals surface area contributed by atoms with Crippen molar-refractivity contribution >= 4 is 33.7 Å². The van der Waals surface area contributed by atoms with Crippen LogP contribution in [-0.4, -0.2) is 28.2 Å². The summed E-state index contributed by atoms with van der Waals surface area (Å²) in [6, 6.07) is 10.8. The van der Waals surface area contributed by atoms with Crippen molar-refractivity contribution in [2.45, 2.75) is 38.9 Å². The van der Waals surface area contributed by atoms with Crippen molar-refractivity contribution in [1.82, 2.24) is 4.57 Å². The molecule has 1 heterocycles. The Hall–Kier alpha value is -4.08. The van der Waals surface area contributed by atoms with Gasteiger partial charge in [-0.15, -0.1) is 0 Å². The van der Waals surface area contributed by atoms with Crippen LogP contribution < -0.4 is 10.5 Å². The van der Waals surface area contributed by atoms with Crippen LogP contribution in [0.5, 0.6) is 5.75 Å². The van der Waals surface area contributed by atoms with E-state index in [1.165, 1.54) is 16.7 Å². The summed E-state index contributed by atoms with van der Waals surface area (Å²) in [5.41, 5.74) is 5.47. The van der Waals surface area contributed by atoms with Gasteiger partial charge in [-0.25, -0.2) is 9.18 Å². The van der Waals surface area contributed by atoms with E-state index in [9.17, 15) is 32.3 Å². The largest absolute Gasteiger partial charge is 0.481 e. The van der Waals surface area contributed by atoms with Gasteiger partial charge in [-0.3, -0.25) is 4.79 Å². The number of aryl methyl sites for hydroxylation is 1. The van der Waals surface area contributed by atoms with Gasteiger partial charge in [0.05, 0.1) is 28.5 Å². The number of amides is 1. The van der Waals surface area contributed by atoms with Gasteiger partial charge >= 0.3 is 12.1 Å². The molecular weight excluding hydrogens is 492 g/mol. The third kappa shape index (κ3) is 5.09. The van der Waals surface area contributed by atoms with Crippen LogP contribution in [0.3, 0.4) is 0 Å². The molecule has 0 saturated carbocycles. The molecular formula is C27H24F4N2O4. The lowest BCUT2D eigenvalue weighted by Gasteiger charge is -2.16. The number of carbonyl (C=O) groups is 2. The number of hydrogen-bond acceptors (Lipinski definition) is 3. The molecule has 3 N–H and O–H groups in total. The van der Waals surface area contributed by atoms with Crippen molar-refractivity contribution in [3.8, 4) is 5.75 Å². The summed E-state index contributed by atoms with van der Waals surface area (Å²) in [5.74, 6) is -2.90. The molecule has 0 bridgehead atoms. The zero-order valence-corrected chi connectivity index (χ0v) is 19.9. The first kappa shape index (κ1) is 26.0. The summed E-state index contributed by atoms with van der Waals surface area (Å²) in [7, 11) is 0. The maximum atomic E-state index is 14.8. The zero-order chi connectivity index (χ0) is 26.9. The van der Waals surface area contributed by atoms with E-state index in [0.717, 1.165) is 36.6 Å². The molecule has 0 atom stereocenters. The molecule has 194 valence electrons. The number of carboxylic acid groups (broad SMARTS) is 1. The molecule has 6 nitrogen and oxygen atoms in total. The van der Waals surface area contributed by atoms with Crippen molar-refractivity contribution in [2.75, 3.05) is 6.61 Å². The number of aliphatic carboxylic acids is 1. The highest BCUT2D eigenvalue weighted by molar-refractivity contribution is 6.20. The molecule has 0 aliphatic heterocycles. The summed E-state index contributed by atoms with van der Waals surface area (Å²) < 4.78 is 63.3. The second-order valence-electron chi connectivity index (χ2n) is 8.69. The third-order valence-corrected chi connectivity index (χ3v) is 6.19. The number of hydrogen-bond donors (Lipinski definition) is 2. The Labute approximate surface area is 209 Å². The summed E-state index contributed by atoms with van der Waals surface area (Å²) in [4.78, 5) is 23.6. The Bertz CT molecular complexity index is 1510. The minimum atomic E-state index is -4.80. The lowest BCUT2D eigenvalue weighted by atomic mass is 10.0. The van der Waals surface area contributed by atoms with Crippen molar-refractivity contribution < 1.29 is 37.0 Å². The predicted molar refractivity (Wildman–Crippen MR) is 130 cm³/mol. The molecule has 0 radical (unpaired) electrons. The number of unbranched alkanes of at least 4 members (excludes halogenated alkanes) is 1. The van der Waals surface area contributed by atoms with Crippen LogP contribution in [0, 0.1) is 5.82 Å². The van der Waals surface area contributed by atoms with E-state index in [4.69, 9.17) is 10.5 Å². The molecule has 4 aromatic rings. The highest BCUT2D eigenvalue weighted by Gasteiger charge is 2.35. The predicted octanol–water partition coefficient (Wildman–Crippen LogP) is 5.91. The number of alkyl halides is 3. The Kier molecular flexibility index (Phi) is 7.11. The van der Waals surface area contributed by atoms with E-state index < -0.39 is 48.1 Å². The molecule has 10 heteroatoms. The minimum absolute atomic E-state index is 0.0762. The average molecular weight is 516 g/mol. The molecule has 3 aromatic carbocycles. The number of benzene rings is 3. The topological polar surface area (TPSA) is 94.6 Å². The van der Waals surface area contributed by atoms with E-state index in [1.807, 2.05) is 6.92 Å². The van der Waals surface area contributed by atoms with Crippen LogP contribution >= 0.6 is 0 Å². The second kappa shape index (κ2) is 10.1. The molecule has 37 heavy (non-hydrogen) atoms. The summed E-state index contributed by atoms with van der Waals surface area (Å²) in [6.45, 7) is 0.815. The van der Waals surface area contributed by atoms with E-state index in [-0.39, 0.29) is 16.7 Å². The van der Waals surface area contributed by atoms with E-state index in [2.05, 4.69) is 0 Å². The van der Waals surface area contributed by atoms with Crippen LogP contribution in [0.1, 0.15) is 46.8 Å². The van der Waals surface area contributed by atoms with Gasteiger partial charge in [0.25, 0.3) is 0 Å². The van der Waals surface area contributed by atoms with Crippen molar-refractivity contribution in [2.24, 2.45) is 5.73 Å². The quantitative estimate of drug-likeness (QED) is 0.271. The lowest BCUT2D eigenvalue weighted by molar-refractivity contribution is -0.139. The SMILES string of the molecule is CCCCc1cc(OCC(=O)O)c2c3c(C(N)=O)cccc3n(Cc3c(F)cccc3C(F)(F)F)c2c1. The van der Waals surface area contributed by atoms with Gasteiger partial charge in [0.1, 0.15) is 11.6 Å². The molecule has 0 unspecified atom stereocenters. The van der Waals surface area contributed by atoms with Gasteiger partial charge in [0.2, 0.25) is 5.91 Å². The first-order valence-electron chi connectivity index (χ1n) is 11.6. The van der Waals surface area contributed by atoms with Gasteiger partial charge in [-0.1, -0.05) is 25.5 Å². The minimum Gasteiger partial charge on any atom is -0.481 e. The van der Waals surface area contributed by atoms with E-state index >= 15 is 0 Å². The Morgan fingerprint density at radius 2 is 1.78 bits per heavy atom. The van der Waals surface area contributed by atoms with Gasteiger partial charge < -0.3 is 20.1 Å². The van der Waals surface area contributed by atoms with Crippen molar-refractivity contribution in [3.63, 3.8) is 0 Å². The van der Waals surface area contributed by atoms with Crippen LogP contribution in [0.4, 0.5) is 17.6 Å². The fourth-order valence-electron chi connectivity index (χ4n) is 4.58. The Morgan fingerprint density at radius 1 is 1.05 bits per heavy atom. The number of rotatable bonds is 9. The summed E-state index contributed by atoms with van der Waals surface area (Å²) in [6.07, 6.45) is -2.55. The number of ether oxygens (including phenoxy) is 1. The number of nitrogens with zero attached hydrogens (tertiary/aromatic N) is 1. The Morgan fingerprint density at radius 3 is 2.43 bits per heavy atom.